The second-order valence-corrected chi connectivity index (χ2v) is 4.33. The van der Waals surface area contributed by atoms with Gasteiger partial charge in [0.15, 0.2) is 0 Å². The van der Waals surface area contributed by atoms with E-state index in [1.165, 1.54) is 5.56 Å². The fourth-order valence-electron chi connectivity index (χ4n) is 1.77. The Labute approximate surface area is 108 Å². The summed E-state index contributed by atoms with van der Waals surface area (Å²) in [5, 5.41) is 9.40. The molecule has 2 nitrogen and oxygen atoms in total. The van der Waals surface area contributed by atoms with Gasteiger partial charge in [0.2, 0.25) is 0 Å². The predicted molar refractivity (Wildman–Crippen MR) is 72.7 cm³/mol. The minimum absolute atomic E-state index is 0.427. The van der Waals surface area contributed by atoms with E-state index in [-0.39, 0.29) is 0 Å². The Hall–Kier alpha value is -1.80. The summed E-state index contributed by atoms with van der Waals surface area (Å²) in [6, 6.07) is 17.9. The van der Waals surface area contributed by atoms with Crippen LogP contribution in [-0.4, -0.2) is 11.7 Å². The topological polar surface area (TPSA) is 29.5 Å². The number of hydrogen-bond acceptors (Lipinski definition) is 2. The zero-order valence-electron chi connectivity index (χ0n) is 10.5. The summed E-state index contributed by atoms with van der Waals surface area (Å²) in [5.74, 6) is 0.843. The van der Waals surface area contributed by atoms with Gasteiger partial charge in [-0.15, -0.1) is 0 Å². The Bertz CT molecular complexity index is 460. The van der Waals surface area contributed by atoms with Crippen molar-refractivity contribution in [3.05, 3.63) is 65.7 Å². The Morgan fingerprint density at radius 1 is 1.00 bits per heavy atom. The lowest BCUT2D eigenvalue weighted by Gasteiger charge is -2.08. The number of ether oxygens (including phenoxy) is 1. The zero-order chi connectivity index (χ0) is 12.8. The largest absolute Gasteiger partial charge is 0.493 e. The summed E-state index contributed by atoms with van der Waals surface area (Å²) >= 11 is 0. The molecule has 0 fully saturated rings. The first kappa shape index (κ1) is 12.7. The molecule has 0 bridgehead atoms. The van der Waals surface area contributed by atoms with Crippen LogP contribution in [0.25, 0.3) is 0 Å². The quantitative estimate of drug-likeness (QED) is 0.871. The molecule has 0 saturated heterocycles. The van der Waals surface area contributed by atoms with Gasteiger partial charge in [-0.2, -0.15) is 0 Å². The first-order valence-corrected chi connectivity index (χ1v) is 6.20. The van der Waals surface area contributed by atoms with E-state index in [9.17, 15) is 5.11 Å². The average molecular weight is 242 g/mol. The molecule has 0 unspecified atom stereocenters. The SMILES string of the molecule is C[C@@H](O)c1ccc(OCCc2ccccc2)cc1. The molecule has 0 aliphatic rings. The molecule has 1 N–H and O–H groups in total. The van der Waals surface area contributed by atoms with Gasteiger partial charge in [0, 0.05) is 6.42 Å². The molecule has 2 heteroatoms. The van der Waals surface area contributed by atoms with E-state index in [1.807, 2.05) is 42.5 Å². The summed E-state index contributed by atoms with van der Waals surface area (Å²) < 4.78 is 5.66. The molecule has 2 aromatic rings. The van der Waals surface area contributed by atoms with E-state index < -0.39 is 6.10 Å². The van der Waals surface area contributed by atoms with Crippen LogP contribution in [0.4, 0.5) is 0 Å². The van der Waals surface area contributed by atoms with Crippen LogP contribution < -0.4 is 4.74 Å². The predicted octanol–water partition coefficient (Wildman–Crippen LogP) is 3.36. The van der Waals surface area contributed by atoms with Gasteiger partial charge in [0.25, 0.3) is 0 Å². The smallest absolute Gasteiger partial charge is 0.119 e. The van der Waals surface area contributed by atoms with E-state index in [2.05, 4.69) is 12.1 Å². The summed E-state index contributed by atoms with van der Waals surface area (Å²) in [5.41, 5.74) is 2.18. The van der Waals surface area contributed by atoms with Crippen LogP contribution >= 0.6 is 0 Å². The Kier molecular flexibility index (Phi) is 4.37. The van der Waals surface area contributed by atoms with Gasteiger partial charge in [0.1, 0.15) is 5.75 Å². The number of aliphatic hydroxyl groups excluding tert-OH is 1. The van der Waals surface area contributed by atoms with E-state index in [4.69, 9.17) is 4.74 Å². The third-order valence-corrected chi connectivity index (χ3v) is 2.86. The molecule has 0 radical (unpaired) electrons. The van der Waals surface area contributed by atoms with Crippen LogP contribution in [0.2, 0.25) is 0 Å². The van der Waals surface area contributed by atoms with Gasteiger partial charge in [-0.1, -0.05) is 42.5 Å². The molecule has 0 aliphatic heterocycles. The third-order valence-electron chi connectivity index (χ3n) is 2.86. The summed E-state index contributed by atoms with van der Waals surface area (Å²) in [7, 11) is 0. The molecule has 2 rings (SSSR count). The van der Waals surface area contributed by atoms with Gasteiger partial charge < -0.3 is 9.84 Å². The Morgan fingerprint density at radius 2 is 1.67 bits per heavy atom. The number of benzene rings is 2. The maximum absolute atomic E-state index is 9.40. The van der Waals surface area contributed by atoms with Crippen LogP contribution in [0.1, 0.15) is 24.2 Å². The highest BCUT2D eigenvalue weighted by atomic mass is 16.5. The molecular formula is C16H18O2. The van der Waals surface area contributed by atoms with Gasteiger partial charge in [-0.25, -0.2) is 0 Å². The van der Waals surface area contributed by atoms with Crippen molar-refractivity contribution in [2.24, 2.45) is 0 Å². The van der Waals surface area contributed by atoms with Gasteiger partial charge in [0.05, 0.1) is 12.7 Å². The standard InChI is InChI=1S/C16H18O2/c1-13(17)15-7-9-16(10-8-15)18-12-11-14-5-3-2-4-6-14/h2-10,13,17H,11-12H2,1H3/t13-/m1/s1. The van der Waals surface area contributed by atoms with E-state index >= 15 is 0 Å². The van der Waals surface area contributed by atoms with Crippen LogP contribution in [-0.2, 0) is 6.42 Å². The number of rotatable bonds is 5. The van der Waals surface area contributed by atoms with Crippen molar-refractivity contribution in [3.8, 4) is 5.75 Å². The zero-order valence-corrected chi connectivity index (χ0v) is 10.5. The normalized spacial score (nSPS) is 12.1. The molecule has 94 valence electrons. The molecule has 0 amide bonds. The van der Waals surface area contributed by atoms with Crippen molar-refractivity contribution >= 4 is 0 Å². The maximum Gasteiger partial charge on any atom is 0.119 e. The van der Waals surface area contributed by atoms with E-state index in [1.54, 1.807) is 6.92 Å². The molecule has 0 spiro atoms. The second-order valence-electron chi connectivity index (χ2n) is 4.33. The Balaban J connectivity index is 1.83. The van der Waals surface area contributed by atoms with Crippen LogP contribution in [0, 0.1) is 0 Å². The minimum atomic E-state index is -0.427. The summed E-state index contributed by atoms with van der Waals surface area (Å²) in [6.45, 7) is 2.42. The van der Waals surface area contributed by atoms with Crippen molar-refractivity contribution in [3.63, 3.8) is 0 Å². The number of aliphatic hydroxyl groups is 1. The molecule has 0 aromatic heterocycles. The van der Waals surface area contributed by atoms with Crippen molar-refractivity contribution in [1.29, 1.82) is 0 Å². The first-order valence-electron chi connectivity index (χ1n) is 6.20. The van der Waals surface area contributed by atoms with Crippen molar-refractivity contribution in [1.82, 2.24) is 0 Å². The lowest BCUT2D eigenvalue weighted by Crippen LogP contribution is -2.01. The molecule has 2 aromatic carbocycles. The van der Waals surface area contributed by atoms with Gasteiger partial charge in [-0.05, 0) is 30.2 Å². The molecule has 0 aliphatic carbocycles. The highest BCUT2D eigenvalue weighted by Crippen LogP contribution is 2.17. The first-order chi connectivity index (χ1) is 8.75. The van der Waals surface area contributed by atoms with Crippen LogP contribution in [0.5, 0.6) is 5.75 Å². The molecule has 1 atom stereocenters. The van der Waals surface area contributed by atoms with Crippen molar-refractivity contribution in [2.45, 2.75) is 19.4 Å². The molecule has 18 heavy (non-hydrogen) atoms. The van der Waals surface area contributed by atoms with Gasteiger partial charge in [-0.3, -0.25) is 0 Å². The average Bonchev–Trinajstić information content (AvgIpc) is 2.40. The van der Waals surface area contributed by atoms with Crippen LogP contribution in [0.3, 0.4) is 0 Å². The van der Waals surface area contributed by atoms with E-state index in [0.717, 1.165) is 17.7 Å². The lowest BCUT2D eigenvalue weighted by molar-refractivity contribution is 0.199. The molecular weight excluding hydrogens is 224 g/mol. The fourth-order valence-corrected chi connectivity index (χ4v) is 1.77. The highest BCUT2D eigenvalue weighted by molar-refractivity contribution is 5.28. The number of hydrogen-bond donors (Lipinski definition) is 1. The van der Waals surface area contributed by atoms with Crippen molar-refractivity contribution < 1.29 is 9.84 Å². The van der Waals surface area contributed by atoms with Crippen molar-refractivity contribution in [2.75, 3.05) is 6.61 Å². The molecule has 0 heterocycles. The molecule has 0 saturated carbocycles. The van der Waals surface area contributed by atoms with Gasteiger partial charge >= 0.3 is 0 Å². The second kappa shape index (κ2) is 6.22. The summed E-state index contributed by atoms with van der Waals surface area (Å²) in [4.78, 5) is 0. The fraction of sp³-hybridized carbons (Fsp3) is 0.250. The highest BCUT2D eigenvalue weighted by Gasteiger charge is 2.00. The Morgan fingerprint density at radius 3 is 2.28 bits per heavy atom. The lowest BCUT2D eigenvalue weighted by atomic mass is 10.1. The van der Waals surface area contributed by atoms with E-state index in [0.29, 0.717) is 6.61 Å². The minimum Gasteiger partial charge on any atom is -0.493 e. The van der Waals surface area contributed by atoms with Crippen LogP contribution in [0.15, 0.2) is 54.6 Å². The maximum atomic E-state index is 9.40. The third kappa shape index (κ3) is 3.60. The summed E-state index contributed by atoms with van der Waals surface area (Å²) in [6.07, 6.45) is 0.474. The monoisotopic (exact) mass is 242 g/mol.